The molecule has 1 amide bonds. The molecule has 1 fully saturated rings. The van der Waals surface area contributed by atoms with Crippen LogP contribution in [0.25, 0.3) is 33.7 Å². The number of likely N-dealkylation sites (tertiary alicyclic amines) is 1. The van der Waals surface area contributed by atoms with E-state index in [4.69, 9.17) is 14.4 Å². The molecule has 2 unspecified atom stereocenters. The number of aromatic nitrogens is 3. The molecule has 5 aromatic rings. The van der Waals surface area contributed by atoms with Gasteiger partial charge < -0.3 is 24.5 Å². The Balaban J connectivity index is 1.14. The molecule has 12 heteroatoms. The van der Waals surface area contributed by atoms with Crippen molar-refractivity contribution >= 4 is 28.7 Å². The average Bonchev–Trinajstić information content (AvgIpc) is 3.83. The van der Waals surface area contributed by atoms with Gasteiger partial charge in [-0.25, -0.2) is 9.97 Å². The first-order valence-corrected chi connectivity index (χ1v) is 17.3. The standard InChI is InChI=1S/C39H41N7O5/c1-22(47)18-45-14-12-34-33(21-45)41-36(44(34)4)37(48)42-31-10-6-8-29(24(31)3)28-7-5-9-30(23(28)2)38-43-32-16-25(15-27(17-40)35(32)51-38)19-46-13-11-26(20-46)39(49)50/h5-10,15-16,22,26,47H,11-14,18-21H2,1-4H3,(H,42,48)(H,49,50). The molecule has 0 aliphatic carbocycles. The van der Waals surface area contributed by atoms with Gasteiger partial charge >= 0.3 is 5.97 Å². The van der Waals surface area contributed by atoms with Crippen molar-refractivity contribution in [1.29, 1.82) is 5.26 Å². The fourth-order valence-corrected chi connectivity index (χ4v) is 7.53. The number of hydrogen-bond acceptors (Lipinski definition) is 9. The molecule has 1 saturated heterocycles. The van der Waals surface area contributed by atoms with E-state index in [-0.39, 0.29) is 11.8 Å². The van der Waals surface area contributed by atoms with Gasteiger partial charge in [0.2, 0.25) is 5.89 Å². The number of aliphatic hydroxyl groups is 1. The van der Waals surface area contributed by atoms with Crippen molar-refractivity contribution in [2.75, 3.05) is 31.5 Å². The average molecular weight is 688 g/mol. The summed E-state index contributed by atoms with van der Waals surface area (Å²) in [5, 5.41) is 32.3. The van der Waals surface area contributed by atoms with Crippen LogP contribution < -0.4 is 5.32 Å². The lowest BCUT2D eigenvalue weighted by Crippen LogP contribution is -2.36. The van der Waals surface area contributed by atoms with Crippen molar-refractivity contribution in [3.8, 4) is 28.7 Å². The zero-order valence-electron chi connectivity index (χ0n) is 29.2. The monoisotopic (exact) mass is 687 g/mol. The van der Waals surface area contributed by atoms with Crippen molar-refractivity contribution < 1.29 is 24.2 Å². The predicted molar refractivity (Wildman–Crippen MR) is 192 cm³/mol. The first kappa shape index (κ1) is 34.1. The van der Waals surface area contributed by atoms with Gasteiger partial charge in [-0.1, -0.05) is 24.3 Å². The highest BCUT2D eigenvalue weighted by atomic mass is 16.4. The summed E-state index contributed by atoms with van der Waals surface area (Å²) in [6.07, 6.45) is 0.938. The number of nitrogens with one attached hydrogen (secondary N) is 1. The van der Waals surface area contributed by atoms with Crippen LogP contribution in [0.15, 0.2) is 52.9 Å². The zero-order valence-corrected chi connectivity index (χ0v) is 29.2. The molecule has 3 aromatic carbocycles. The number of aliphatic carboxylic acids is 1. The second-order valence-electron chi connectivity index (χ2n) is 13.8. The topological polar surface area (TPSA) is 161 Å². The summed E-state index contributed by atoms with van der Waals surface area (Å²) in [5.41, 5.74) is 9.36. The summed E-state index contributed by atoms with van der Waals surface area (Å²) in [4.78, 5) is 38.8. The summed E-state index contributed by atoms with van der Waals surface area (Å²) in [6.45, 7) is 9.42. The SMILES string of the molecule is Cc1c(NC(=O)c2nc3c(n2C)CCN(CC(C)O)C3)cccc1-c1cccc(-c2nc3cc(CN4CCC(C(=O)O)C4)cc(C#N)c3o2)c1C. The Morgan fingerprint density at radius 3 is 2.53 bits per heavy atom. The van der Waals surface area contributed by atoms with Gasteiger partial charge in [-0.3, -0.25) is 19.4 Å². The number of nitriles is 1. The molecule has 2 aromatic heterocycles. The first-order valence-electron chi connectivity index (χ1n) is 17.3. The number of oxazole rings is 1. The number of amides is 1. The Labute approximate surface area is 296 Å². The van der Waals surface area contributed by atoms with Crippen molar-refractivity contribution in [2.24, 2.45) is 13.0 Å². The summed E-state index contributed by atoms with van der Waals surface area (Å²) in [6, 6.07) is 17.7. The molecular formula is C39H41N7O5. The number of hydrogen-bond donors (Lipinski definition) is 3. The second kappa shape index (κ2) is 13.8. The number of β-amino-alcohol motifs (C(OH)–C–C–N with tert-alkyl or cyclic N) is 1. The van der Waals surface area contributed by atoms with Gasteiger partial charge in [0.1, 0.15) is 11.6 Å². The van der Waals surface area contributed by atoms with Crippen molar-refractivity contribution in [3.63, 3.8) is 0 Å². The van der Waals surface area contributed by atoms with Crippen molar-refractivity contribution in [2.45, 2.75) is 52.8 Å². The van der Waals surface area contributed by atoms with Gasteiger partial charge in [-0.15, -0.1) is 0 Å². The lowest BCUT2D eigenvalue weighted by atomic mass is 9.93. The van der Waals surface area contributed by atoms with Gasteiger partial charge in [0.15, 0.2) is 11.4 Å². The number of carboxylic acids is 1. The van der Waals surface area contributed by atoms with Crippen LogP contribution in [0.5, 0.6) is 0 Å². The number of anilines is 1. The van der Waals surface area contributed by atoms with Crippen molar-refractivity contribution in [3.05, 3.63) is 88.0 Å². The van der Waals surface area contributed by atoms with Crippen LogP contribution in [0.4, 0.5) is 5.69 Å². The lowest BCUT2D eigenvalue weighted by Gasteiger charge is -2.27. The first-order chi connectivity index (χ1) is 24.5. The number of carbonyl (C=O) groups is 2. The van der Waals surface area contributed by atoms with E-state index in [1.165, 1.54) is 0 Å². The number of aliphatic hydroxyl groups excluding tert-OH is 1. The number of benzene rings is 3. The van der Waals surface area contributed by atoms with E-state index in [1.807, 2.05) is 67.9 Å². The van der Waals surface area contributed by atoms with Crippen LogP contribution in [0, 0.1) is 31.1 Å². The Morgan fingerprint density at radius 2 is 1.80 bits per heavy atom. The van der Waals surface area contributed by atoms with E-state index in [0.29, 0.717) is 73.2 Å². The lowest BCUT2D eigenvalue weighted by molar-refractivity contribution is -0.141. The van der Waals surface area contributed by atoms with Gasteiger partial charge in [0.25, 0.3) is 5.91 Å². The van der Waals surface area contributed by atoms with E-state index >= 15 is 0 Å². The molecular weight excluding hydrogens is 646 g/mol. The minimum Gasteiger partial charge on any atom is -0.481 e. The quantitative estimate of drug-likeness (QED) is 0.186. The van der Waals surface area contributed by atoms with Gasteiger partial charge in [0.05, 0.1) is 23.3 Å². The predicted octanol–water partition coefficient (Wildman–Crippen LogP) is 5.28. The molecule has 4 heterocycles. The molecule has 2 aliphatic heterocycles. The maximum atomic E-state index is 13.6. The highest BCUT2D eigenvalue weighted by molar-refractivity contribution is 6.03. The van der Waals surface area contributed by atoms with Gasteiger partial charge in [-0.2, -0.15) is 5.26 Å². The number of rotatable bonds is 9. The Morgan fingerprint density at radius 1 is 1.06 bits per heavy atom. The van der Waals surface area contributed by atoms with Gasteiger partial charge in [-0.05, 0) is 85.8 Å². The zero-order chi connectivity index (χ0) is 36.0. The molecule has 51 heavy (non-hydrogen) atoms. The minimum absolute atomic E-state index is 0.287. The maximum absolute atomic E-state index is 13.6. The van der Waals surface area contributed by atoms with Crippen LogP contribution in [-0.4, -0.2) is 78.7 Å². The Kier molecular flexibility index (Phi) is 9.20. The van der Waals surface area contributed by atoms with Crippen LogP contribution in [0.1, 0.15) is 57.6 Å². The molecule has 0 bridgehead atoms. The summed E-state index contributed by atoms with van der Waals surface area (Å²) >= 11 is 0. The van der Waals surface area contributed by atoms with E-state index in [0.717, 1.165) is 57.7 Å². The number of fused-ring (bicyclic) bond motifs is 2. The third-order valence-electron chi connectivity index (χ3n) is 10.2. The molecule has 2 aliphatic rings. The number of imidazole rings is 1. The molecule has 0 saturated carbocycles. The summed E-state index contributed by atoms with van der Waals surface area (Å²) in [7, 11) is 1.87. The fourth-order valence-electron chi connectivity index (χ4n) is 7.53. The van der Waals surface area contributed by atoms with E-state index < -0.39 is 12.1 Å². The molecule has 0 spiro atoms. The molecule has 262 valence electrons. The Hall–Kier alpha value is -5.35. The Bertz CT molecular complexity index is 2210. The third-order valence-corrected chi connectivity index (χ3v) is 10.2. The molecule has 3 N–H and O–H groups in total. The highest BCUT2D eigenvalue weighted by Gasteiger charge is 2.29. The summed E-state index contributed by atoms with van der Waals surface area (Å²) in [5.74, 6) is -0.689. The van der Waals surface area contributed by atoms with E-state index in [1.54, 1.807) is 13.0 Å². The van der Waals surface area contributed by atoms with E-state index in [2.05, 4.69) is 21.2 Å². The molecule has 7 rings (SSSR count). The van der Waals surface area contributed by atoms with Gasteiger partial charge in [0, 0.05) is 63.1 Å². The van der Waals surface area contributed by atoms with Crippen LogP contribution in [0.2, 0.25) is 0 Å². The molecule has 0 radical (unpaired) electrons. The highest BCUT2D eigenvalue weighted by Crippen LogP contribution is 2.37. The van der Waals surface area contributed by atoms with Crippen LogP contribution in [-0.2, 0) is 31.4 Å². The number of carbonyl (C=O) groups excluding carboxylic acids is 1. The van der Waals surface area contributed by atoms with E-state index in [9.17, 15) is 25.1 Å². The molecule has 2 atom stereocenters. The smallest absolute Gasteiger partial charge is 0.307 e. The fraction of sp³-hybridized carbons (Fsp3) is 0.359. The normalized spacial score (nSPS) is 17.0. The van der Waals surface area contributed by atoms with Crippen LogP contribution >= 0.6 is 0 Å². The number of nitrogens with zero attached hydrogens (tertiary/aromatic N) is 6. The summed E-state index contributed by atoms with van der Waals surface area (Å²) < 4.78 is 8.12. The number of carboxylic acid groups (broad SMARTS) is 1. The maximum Gasteiger partial charge on any atom is 0.307 e. The second-order valence-corrected chi connectivity index (χ2v) is 13.8. The third kappa shape index (κ3) is 6.63. The molecule has 12 nitrogen and oxygen atoms in total. The largest absolute Gasteiger partial charge is 0.481 e. The van der Waals surface area contributed by atoms with Crippen LogP contribution in [0.3, 0.4) is 0 Å². The minimum atomic E-state index is -0.777. The van der Waals surface area contributed by atoms with Crippen molar-refractivity contribution in [1.82, 2.24) is 24.3 Å².